The third-order valence-electron chi connectivity index (χ3n) is 8.64. The molecule has 1 unspecified atom stereocenters. The lowest BCUT2D eigenvalue weighted by molar-refractivity contribution is -0.137. The molecule has 0 radical (unpaired) electrons. The Bertz CT molecular complexity index is 1320. The van der Waals surface area contributed by atoms with E-state index in [0.29, 0.717) is 36.6 Å². The van der Waals surface area contributed by atoms with E-state index < -0.39 is 5.92 Å². The van der Waals surface area contributed by atoms with Gasteiger partial charge < -0.3 is 9.64 Å². The number of nitrogens with zero attached hydrogens (tertiary/aromatic N) is 7. The molecule has 40 heavy (non-hydrogen) atoms. The number of anilines is 2. The molecule has 3 aliphatic rings. The molecule has 4 heterocycles. The maximum atomic E-state index is 14.0. The molecule has 0 bridgehead atoms. The average Bonchev–Trinajstić information content (AvgIpc) is 3.59. The molecular weight excluding hydrogens is 523 g/mol. The highest BCUT2D eigenvalue weighted by Crippen LogP contribution is 2.51. The topological polar surface area (TPSA) is 110 Å². The summed E-state index contributed by atoms with van der Waals surface area (Å²) in [6.45, 7) is 6.70. The van der Waals surface area contributed by atoms with Gasteiger partial charge in [-0.15, -0.1) is 5.10 Å². The maximum absolute atomic E-state index is 14.0. The van der Waals surface area contributed by atoms with Gasteiger partial charge in [-0.25, -0.2) is 23.7 Å². The highest BCUT2D eigenvalue weighted by Gasteiger charge is 2.51. The summed E-state index contributed by atoms with van der Waals surface area (Å²) in [5.74, 6) is 3.47. The fraction of sp³-hybridized carbons (Fsp3) is 0.630. The zero-order chi connectivity index (χ0) is 28.0. The second kappa shape index (κ2) is 10.7. The van der Waals surface area contributed by atoms with Gasteiger partial charge in [-0.1, -0.05) is 24.3 Å². The van der Waals surface area contributed by atoms with Gasteiger partial charge in [-0.3, -0.25) is 10.3 Å². The third kappa shape index (κ3) is 5.10. The summed E-state index contributed by atoms with van der Waals surface area (Å²) in [5.41, 5.74) is 4.62. The first-order chi connectivity index (χ1) is 19.3. The number of aromatic nitrogens is 5. The molecule has 1 saturated carbocycles. The Hall–Kier alpha value is -3.03. The van der Waals surface area contributed by atoms with Crippen LogP contribution in [-0.4, -0.2) is 73.7 Å². The number of nitrogen functional groups attached to an aromatic ring is 1. The van der Waals surface area contributed by atoms with Crippen molar-refractivity contribution >= 4 is 22.9 Å². The average molecular weight is 560 g/mol. The number of nitrogens with one attached hydrogen (secondary N) is 1. The highest BCUT2D eigenvalue weighted by atomic mass is 19.3. The molecule has 2 aromatic heterocycles. The van der Waals surface area contributed by atoms with Crippen molar-refractivity contribution in [2.24, 2.45) is 11.8 Å². The fourth-order valence-corrected chi connectivity index (χ4v) is 6.60. The number of halogens is 3. The van der Waals surface area contributed by atoms with E-state index in [4.69, 9.17) is 15.6 Å². The van der Waals surface area contributed by atoms with E-state index in [2.05, 4.69) is 44.4 Å². The van der Waals surface area contributed by atoms with E-state index in [-0.39, 0.29) is 54.8 Å². The van der Waals surface area contributed by atoms with Crippen LogP contribution in [0.5, 0.6) is 0 Å². The summed E-state index contributed by atoms with van der Waals surface area (Å²) < 4.78 is 49.4. The van der Waals surface area contributed by atoms with Gasteiger partial charge in [0.1, 0.15) is 5.82 Å². The largest absolute Gasteiger partial charge is 0.376 e. The van der Waals surface area contributed by atoms with E-state index in [1.807, 2.05) is 0 Å². The molecular formula is C27H36F3N9O. The Morgan fingerprint density at radius 3 is 2.60 bits per heavy atom. The molecule has 3 fully saturated rings. The van der Waals surface area contributed by atoms with Crippen LogP contribution in [0.25, 0.3) is 11.2 Å². The Morgan fingerprint density at radius 1 is 1.18 bits per heavy atom. The number of hydrogen-bond acceptors (Lipinski definition) is 9. The van der Waals surface area contributed by atoms with Crippen molar-refractivity contribution < 1.29 is 17.9 Å². The van der Waals surface area contributed by atoms with Gasteiger partial charge in [-0.2, -0.15) is 9.97 Å². The number of fused-ring (bicyclic) bond motifs is 1. The zero-order valence-electron chi connectivity index (χ0n) is 22.8. The molecule has 3 N–H and O–H groups in total. The highest BCUT2D eigenvalue weighted by molar-refractivity contribution is 5.84. The van der Waals surface area contributed by atoms with Crippen molar-refractivity contribution in [2.45, 2.75) is 82.6 Å². The van der Waals surface area contributed by atoms with Gasteiger partial charge in [0.25, 0.3) is 0 Å². The summed E-state index contributed by atoms with van der Waals surface area (Å²) in [6, 6.07) is 6.09. The van der Waals surface area contributed by atoms with E-state index in [9.17, 15) is 13.2 Å². The number of alkyl halides is 2. The summed E-state index contributed by atoms with van der Waals surface area (Å²) in [7, 11) is 0. The number of hydrogen-bond donors (Lipinski definition) is 2. The minimum Gasteiger partial charge on any atom is -0.376 e. The normalized spacial score (nSPS) is 26.2. The quantitative estimate of drug-likeness (QED) is 0.314. The minimum atomic E-state index is -2.65. The SMILES string of the molecule is CC[C@@H]1CN(c2nc(NN)nc3c2nnn3C[C@@H]2CCCO2)[C@@H](C)CN1C(c1ccc(F)cc1)C1CC(F)(F)C1. The Kier molecular flexibility index (Phi) is 7.30. The van der Waals surface area contributed by atoms with Crippen molar-refractivity contribution in [1.29, 1.82) is 0 Å². The van der Waals surface area contributed by atoms with Crippen LogP contribution >= 0.6 is 0 Å². The predicted molar refractivity (Wildman–Crippen MR) is 144 cm³/mol. The second-order valence-corrected chi connectivity index (χ2v) is 11.4. The Labute approximate surface area is 231 Å². The predicted octanol–water partition coefficient (Wildman–Crippen LogP) is 3.90. The van der Waals surface area contributed by atoms with Gasteiger partial charge in [0.15, 0.2) is 17.0 Å². The molecule has 2 aliphatic heterocycles. The molecule has 13 heteroatoms. The molecule has 0 amide bonds. The van der Waals surface area contributed by atoms with E-state index in [1.165, 1.54) is 12.1 Å². The summed E-state index contributed by atoms with van der Waals surface area (Å²) in [5, 5.41) is 8.84. The molecule has 4 atom stereocenters. The van der Waals surface area contributed by atoms with Crippen LogP contribution in [0.2, 0.25) is 0 Å². The van der Waals surface area contributed by atoms with Crippen molar-refractivity contribution in [3.05, 3.63) is 35.6 Å². The Balaban J connectivity index is 1.32. The summed E-state index contributed by atoms with van der Waals surface area (Å²) >= 11 is 0. The summed E-state index contributed by atoms with van der Waals surface area (Å²) in [6.07, 6.45) is 2.52. The molecule has 3 aromatic rings. The second-order valence-electron chi connectivity index (χ2n) is 11.4. The van der Waals surface area contributed by atoms with Gasteiger partial charge in [0.2, 0.25) is 11.9 Å². The smallest absolute Gasteiger partial charge is 0.248 e. The van der Waals surface area contributed by atoms with Crippen LogP contribution in [0.3, 0.4) is 0 Å². The lowest BCUT2D eigenvalue weighted by Crippen LogP contribution is -2.60. The van der Waals surface area contributed by atoms with Gasteiger partial charge in [0.05, 0.1) is 12.6 Å². The lowest BCUT2D eigenvalue weighted by atomic mass is 9.73. The lowest BCUT2D eigenvalue weighted by Gasteiger charge is -2.53. The monoisotopic (exact) mass is 559 g/mol. The van der Waals surface area contributed by atoms with E-state index in [0.717, 1.165) is 31.4 Å². The molecule has 6 rings (SSSR count). The Morgan fingerprint density at radius 2 is 1.95 bits per heavy atom. The number of ether oxygens (including phenoxy) is 1. The molecule has 1 aliphatic carbocycles. The first-order valence-corrected chi connectivity index (χ1v) is 14.1. The van der Waals surface area contributed by atoms with E-state index >= 15 is 0 Å². The van der Waals surface area contributed by atoms with Crippen LogP contribution in [0, 0.1) is 11.7 Å². The number of hydrazine groups is 1. The molecule has 2 saturated heterocycles. The van der Waals surface area contributed by atoms with Crippen LogP contribution in [0.4, 0.5) is 24.9 Å². The van der Waals surface area contributed by atoms with Crippen LogP contribution < -0.4 is 16.2 Å². The number of benzene rings is 1. The molecule has 1 aromatic carbocycles. The molecule has 216 valence electrons. The third-order valence-corrected chi connectivity index (χ3v) is 8.64. The number of piperazine rings is 1. The fourth-order valence-electron chi connectivity index (χ4n) is 6.60. The maximum Gasteiger partial charge on any atom is 0.248 e. The molecule has 10 nitrogen and oxygen atoms in total. The van der Waals surface area contributed by atoms with Crippen molar-refractivity contribution in [1.82, 2.24) is 29.9 Å². The van der Waals surface area contributed by atoms with Gasteiger partial charge in [0, 0.05) is 50.7 Å². The van der Waals surface area contributed by atoms with Gasteiger partial charge >= 0.3 is 0 Å². The standard InChI is InChI=1S/C27H36F3N9O/c1-3-20-14-37(24-22-25(33-26(32-24)34-31)39(36-35-22)15-21-5-4-10-40-21)16(2)13-38(20)23(18-11-27(29,30)12-18)17-6-8-19(28)9-7-17/h6-9,16,18,20-21,23H,3-5,10-15,31H2,1-2H3,(H,32,33,34)/t16-,20+,21-,23?/m0/s1. The van der Waals surface area contributed by atoms with Crippen molar-refractivity contribution in [2.75, 3.05) is 30.0 Å². The van der Waals surface area contributed by atoms with Crippen LogP contribution in [0.1, 0.15) is 57.6 Å². The minimum absolute atomic E-state index is 0.0293. The first-order valence-electron chi connectivity index (χ1n) is 14.1. The number of rotatable bonds is 8. The van der Waals surface area contributed by atoms with Crippen molar-refractivity contribution in [3.8, 4) is 0 Å². The van der Waals surface area contributed by atoms with Crippen LogP contribution in [0.15, 0.2) is 24.3 Å². The van der Waals surface area contributed by atoms with Gasteiger partial charge in [-0.05, 0) is 49.8 Å². The molecule has 0 spiro atoms. The summed E-state index contributed by atoms with van der Waals surface area (Å²) in [4.78, 5) is 13.8. The first kappa shape index (κ1) is 27.2. The van der Waals surface area contributed by atoms with E-state index in [1.54, 1.807) is 16.8 Å². The van der Waals surface area contributed by atoms with Crippen LogP contribution in [-0.2, 0) is 11.3 Å². The number of nitrogens with two attached hydrogens (primary N) is 1. The zero-order valence-corrected chi connectivity index (χ0v) is 22.8. The van der Waals surface area contributed by atoms with Crippen molar-refractivity contribution in [3.63, 3.8) is 0 Å².